The Balaban J connectivity index is 2.04. The Morgan fingerprint density at radius 1 is 1.44 bits per heavy atom. The molecule has 0 aromatic heterocycles. The molecule has 0 saturated carbocycles. The van der Waals surface area contributed by atoms with Gasteiger partial charge in [0.05, 0.1) is 25.9 Å². The second-order valence-corrected chi connectivity index (χ2v) is 5.09. The van der Waals surface area contributed by atoms with Gasteiger partial charge in [-0.2, -0.15) is 0 Å². The third kappa shape index (κ3) is 3.45. The van der Waals surface area contributed by atoms with Crippen LogP contribution in [0.25, 0.3) is 0 Å². The second-order valence-electron chi connectivity index (χ2n) is 4.68. The molecule has 0 aliphatic carbocycles. The van der Waals surface area contributed by atoms with Gasteiger partial charge in [0.15, 0.2) is 0 Å². The van der Waals surface area contributed by atoms with Gasteiger partial charge in [-0.3, -0.25) is 0 Å². The number of benzene rings is 1. The molecule has 1 aliphatic rings. The minimum atomic E-state index is 0.0983. The molecule has 18 heavy (non-hydrogen) atoms. The third-order valence-corrected chi connectivity index (χ3v) is 3.66. The standard InChI is InChI=1S/C14H20ClNO2/c1-10-3-4-11(12(15)7-10)8-13(16-2)14-9-17-5-6-18-14/h3-4,7,13-14,16H,5-6,8-9H2,1-2H3. The molecule has 0 spiro atoms. The zero-order chi connectivity index (χ0) is 13.0. The minimum absolute atomic E-state index is 0.0983. The highest BCUT2D eigenvalue weighted by molar-refractivity contribution is 6.31. The summed E-state index contributed by atoms with van der Waals surface area (Å²) in [5.41, 5.74) is 2.33. The first kappa shape index (κ1) is 13.8. The summed E-state index contributed by atoms with van der Waals surface area (Å²) in [5, 5.41) is 4.12. The van der Waals surface area contributed by atoms with Gasteiger partial charge in [-0.25, -0.2) is 0 Å². The molecule has 0 radical (unpaired) electrons. The molecule has 4 heteroatoms. The molecular weight excluding hydrogens is 250 g/mol. The zero-order valence-corrected chi connectivity index (χ0v) is 11.7. The highest BCUT2D eigenvalue weighted by Gasteiger charge is 2.24. The average molecular weight is 270 g/mol. The van der Waals surface area contributed by atoms with Crippen molar-refractivity contribution in [2.24, 2.45) is 0 Å². The maximum Gasteiger partial charge on any atom is 0.0965 e. The maximum absolute atomic E-state index is 6.27. The van der Waals surface area contributed by atoms with E-state index >= 15 is 0 Å². The molecule has 2 atom stereocenters. The predicted octanol–water partition coefficient (Wildman–Crippen LogP) is 2.19. The van der Waals surface area contributed by atoms with Gasteiger partial charge in [-0.1, -0.05) is 23.7 Å². The molecule has 0 amide bonds. The molecule has 2 unspecified atom stereocenters. The van der Waals surface area contributed by atoms with Crippen molar-refractivity contribution in [3.05, 3.63) is 34.3 Å². The molecule has 1 aromatic carbocycles. The Kier molecular flexibility index (Phi) is 5.01. The third-order valence-electron chi connectivity index (χ3n) is 3.31. The number of nitrogens with one attached hydrogen (secondary N) is 1. The predicted molar refractivity (Wildman–Crippen MR) is 73.3 cm³/mol. The van der Waals surface area contributed by atoms with Crippen LogP contribution in [0.15, 0.2) is 18.2 Å². The second kappa shape index (κ2) is 6.53. The Labute approximate surface area is 113 Å². The summed E-state index contributed by atoms with van der Waals surface area (Å²) in [6, 6.07) is 6.41. The van der Waals surface area contributed by atoms with E-state index < -0.39 is 0 Å². The molecule has 1 aliphatic heterocycles. The lowest BCUT2D eigenvalue weighted by Crippen LogP contribution is -2.46. The normalized spacial score (nSPS) is 21.8. The number of ether oxygens (including phenoxy) is 2. The van der Waals surface area contributed by atoms with Gasteiger partial charge in [-0.05, 0) is 37.6 Å². The Morgan fingerprint density at radius 3 is 2.89 bits per heavy atom. The van der Waals surface area contributed by atoms with Crippen LogP contribution in [0.5, 0.6) is 0 Å². The summed E-state index contributed by atoms with van der Waals surface area (Å²) in [4.78, 5) is 0. The SMILES string of the molecule is CNC(Cc1ccc(C)cc1Cl)C1COCCO1. The van der Waals surface area contributed by atoms with E-state index in [4.69, 9.17) is 21.1 Å². The van der Waals surface area contributed by atoms with Crippen LogP contribution in [-0.2, 0) is 15.9 Å². The van der Waals surface area contributed by atoms with Crippen LogP contribution in [0.3, 0.4) is 0 Å². The summed E-state index contributed by atoms with van der Waals surface area (Å²) in [5.74, 6) is 0. The van der Waals surface area contributed by atoms with E-state index in [9.17, 15) is 0 Å². The lowest BCUT2D eigenvalue weighted by molar-refractivity contribution is -0.100. The first-order valence-electron chi connectivity index (χ1n) is 6.32. The molecular formula is C14H20ClNO2. The fourth-order valence-electron chi connectivity index (χ4n) is 2.21. The van der Waals surface area contributed by atoms with Gasteiger partial charge < -0.3 is 14.8 Å². The van der Waals surface area contributed by atoms with E-state index in [0.29, 0.717) is 19.8 Å². The Morgan fingerprint density at radius 2 is 2.28 bits per heavy atom. The van der Waals surface area contributed by atoms with Crippen molar-refractivity contribution < 1.29 is 9.47 Å². The van der Waals surface area contributed by atoms with Crippen molar-refractivity contribution in [1.29, 1.82) is 0 Å². The molecule has 1 aromatic rings. The Hall–Kier alpha value is -0.610. The summed E-state index contributed by atoms with van der Waals surface area (Å²) in [6.07, 6.45) is 0.949. The number of likely N-dealkylation sites (N-methyl/N-ethyl adjacent to an activating group) is 1. The van der Waals surface area contributed by atoms with Crippen LogP contribution >= 0.6 is 11.6 Å². The van der Waals surface area contributed by atoms with Crippen molar-refractivity contribution in [2.45, 2.75) is 25.5 Å². The minimum Gasteiger partial charge on any atom is -0.376 e. The van der Waals surface area contributed by atoms with Crippen LogP contribution in [0, 0.1) is 6.92 Å². The number of rotatable bonds is 4. The van der Waals surface area contributed by atoms with Crippen molar-refractivity contribution >= 4 is 11.6 Å². The number of halogens is 1. The van der Waals surface area contributed by atoms with Crippen LogP contribution in [-0.4, -0.2) is 39.0 Å². The number of aryl methyl sites for hydroxylation is 1. The molecule has 2 rings (SSSR count). The fourth-order valence-corrected chi connectivity index (χ4v) is 2.52. The van der Waals surface area contributed by atoms with Gasteiger partial charge >= 0.3 is 0 Å². The van der Waals surface area contributed by atoms with E-state index in [2.05, 4.69) is 17.4 Å². The van der Waals surface area contributed by atoms with Crippen LogP contribution in [0.1, 0.15) is 11.1 Å². The number of hydrogen-bond acceptors (Lipinski definition) is 3. The number of hydrogen-bond donors (Lipinski definition) is 1. The van der Waals surface area contributed by atoms with Crippen LogP contribution < -0.4 is 5.32 Å². The molecule has 1 saturated heterocycles. The van der Waals surface area contributed by atoms with Gasteiger partial charge in [0, 0.05) is 11.1 Å². The highest BCUT2D eigenvalue weighted by atomic mass is 35.5. The van der Waals surface area contributed by atoms with Crippen molar-refractivity contribution in [1.82, 2.24) is 5.32 Å². The smallest absolute Gasteiger partial charge is 0.0965 e. The summed E-state index contributed by atoms with van der Waals surface area (Å²) < 4.78 is 11.2. The molecule has 1 heterocycles. The molecule has 1 fully saturated rings. The molecule has 1 N–H and O–H groups in total. The monoisotopic (exact) mass is 269 g/mol. The fraction of sp³-hybridized carbons (Fsp3) is 0.571. The van der Waals surface area contributed by atoms with Crippen molar-refractivity contribution in [3.8, 4) is 0 Å². The van der Waals surface area contributed by atoms with Crippen LogP contribution in [0.2, 0.25) is 5.02 Å². The summed E-state index contributed by atoms with van der Waals surface area (Å²) in [7, 11) is 1.95. The van der Waals surface area contributed by atoms with E-state index in [1.165, 1.54) is 5.56 Å². The highest BCUT2D eigenvalue weighted by Crippen LogP contribution is 2.21. The summed E-state index contributed by atoms with van der Waals surface area (Å²) >= 11 is 6.27. The van der Waals surface area contributed by atoms with Crippen molar-refractivity contribution in [3.63, 3.8) is 0 Å². The first-order chi connectivity index (χ1) is 8.70. The van der Waals surface area contributed by atoms with E-state index in [1.807, 2.05) is 20.0 Å². The Bertz CT molecular complexity index is 391. The quantitative estimate of drug-likeness (QED) is 0.909. The first-order valence-corrected chi connectivity index (χ1v) is 6.70. The van der Waals surface area contributed by atoms with E-state index in [1.54, 1.807) is 0 Å². The van der Waals surface area contributed by atoms with E-state index in [0.717, 1.165) is 17.0 Å². The maximum atomic E-state index is 6.27. The van der Waals surface area contributed by atoms with Gasteiger partial charge in [0.2, 0.25) is 0 Å². The van der Waals surface area contributed by atoms with Gasteiger partial charge in [-0.15, -0.1) is 0 Å². The molecule has 3 nitrogen and oxygen atoms in total. The average Bonchev–Trinajstić information content (AvgIpc) is 2.39. The molecule has 0 bridgehead atoms. The molecule has 100 valence electrons. The van der Waals surface area contributed by atoms with Gasteiger partial charge in [0.25, 0.3) is 0 Å². The largest absolute Gasteiger partial charge is 0.376 e. The van der Waals surface area contributed by atoms with Crippen LogP contribution in [0.4, 0.5) is 0 Å². The van der Waals surface area contributed by atoms with E-state index in [-0.39, 0.29) is 12.1 Å². The van der Waals surface area contributed by atoms with Gasteiger partial charge in [0.1, 0.15) is 0 Å². The lowest BCUT2D eigenvalue weighted by Gasteiger charge is -2.30. The topological polar surface area (TPSA) is 30.5 Å². The van der Waals surface area contributed by atoms with Crippen molar-refractivity contribution in [2.75, 3.05) is 26.9 Å². The summed E-state index contributed by atoms with van der Waals surface area (Å²) in [6.45, 7) is 4.06. The zero-order valence-electron chi connectivity index (χ0n) is 10.9. The lowest BCUT2D eigenvalue weighted by atomic mass is 10.0.